The molecule has 4 nitrogen and oxygen atoms in total. The Kier molecular flexibility index (Phi) is 1.56. The van der Waals surface area contributed by atoms with Crippen molar-refractivity contribution in [3.63, 3.8) is 0 Å². The van der Waals surface area contributed by atoms with Crippen molar-refractivity contribution in [3.8, 4) is 0 Å². The van der Waals surface area contributed by atoms with E-state index in [1.807, 2.05) is 0 Å². The molecule has 2 heterocycles. The number of nitrogens with zero attached hydrogens (tertiary/aromatic N) is 1. The van der Waals surface area contributed by atoms with Crippen LogP contribution in [0, 0.1) is 0 Å². The van der Waals surface area contributed by atoms with E-state index < -0.39 is 6.10 Å². The summed E-state index contributed by atoms with van der Waals surface area (Å²) in [6.07, 6.45) is 1.10. The minimum absolute atomic E-state index is 0.0444. The second kappa shape index (κ2) is 2.47. The smallest absolute Gasteiger partial charge is 0.329 e. The van der Waals surface area contributed by atoms with E-state index in [-0.39, 0.29) is 17.9 Å². The topological polar surface area (TPSA) is 46.6 Å². The van der Waals surface area contributed by atoms with Crippen molar-refractivity contribution in [1.82, 2.24) is 4.90 Å². The Hall–Kier alpha value is -1.06. The lowest BCUT2D eigenvalue weighted by atomic mass is 10.2. The molecule has 1 amide bonds. The molecule has 0 aromatic carbocycles. The van der Waals surface area contributed by atoms with E-state index in [4.69, 9.17) is 4.74 Å². The first-order chi connectivity index (χ1) is 5.70. The van der Waals surface area contributed by atoms with Crippen LogP contribution in [0.3, 0.4) is 0 Å². The number of carbonyl (C=O) groups is 2. The van der Waals surface area contributed by atoms with Crippen LogP contribution in [0.1, 0.15) is 19.8 Å². The van der Waals surface area contributed by atoms with Gasteiger partial charge in [0.25, 0.3) is 5.91 Å². The predicted molar refractivity (Wildman–Crippen MR) is 40.3 cm³/mol. The van der Waals surface area contributed by atoms with Crippen LogP contribution in [-0.2, 0) is 14.3 Å². The summed E-state index contributed by atoms with van der Waals surface area (Å²) in [6.45, 7) is 2.33. The Balaban J connectivity index is 2.23. The average molecular weight is 169 g/mol. The summed E-state index contributed by atoms with van der Waals surface area (Å²) in [4.78, 5) is 24.3. The molecular weight excluding hydrogens is 158 g/mol. The van der Waals surface area contributed by atoms with Crippen molar-refractivity contribution >= 4 is 11.9 Å². The minimum atomic E-state index is -0.577. The van der Waals surface area contributed by atoms with Crippen LogP contribution in [0.4, 0.5) is 0 Å². The molecular formula is C8H11NO3. The Bertz CT molecular complexity index is 238. The molecule has 2 aliphatic heterocycles. The zero-order valence-electron chi connectivity index (χ0n) is 6.95. The highest BCUT2D eigenvalue weighted by Gasteiger charge is 2.42. The summed E-state index contributed by atoms with van der Waals surface area (Å²) in [5.74, 6) is -0.281. The summed E-state index contributed by atoms with van der Waals surface area (Å²) < 4.78 is 4.88. The molecule has 0 N–H and O–H groups in total. The van der Waals surface area contributed by atoms with E-state index in [0.717, 1.165) is 12.8 Å². The van der Waals surface area contributed by atoms with Crippen LogP contribution in [0.2, 0.25) is 0 Å². The van der Waals surface area contributed by atoms with Gasteiger partial charge in [-0.15, -0.1) is 0 Å². The number of carbonyl (C=O) groups excluding carboxylic acids is 2. The zero-order chi connectivity index (χ0) is 8.72. The molecule has 0 aromatic rings. The summed E-state index contributed by atoms with van der Waals surface area (Å²) in [6, 6.07) is -0.284. The number of fused-ring (bicyclic) bond motifs is 1. The molecule has 2 atom stereocenters. The van der Waals surface area contributed by atoms with Gasteiger partial charge in [0.1, 0.15) is 6.04 Å². The van der Waals surface area contributed by atoms with Crippen LogP contribution in [-0.4, -0.2) is 35.5 Å². The van der Waals surface area contributed by atoms with Crippen molar-refractivity contribution in [3.05, 3.63) is 0 Å². The molecule has 66 valence electrons. The summed E-state index contributed by atoms with van der Waals surface area (Å²) in [5, 5.41) is 0. The fourth-order valence-electron chi connectivity index (χ4n) is 1.81. The van der Waals surface area contributed by atoms with Crippen molar-refractivity contribution in [2.45, 2.75) is 31.9 Å². The monoisotopic (exact) mass is 169 g/mol. The van der Waals surface area contributed by atoms with Crippen molar-refractivity contribution in [1.29, 1.82) is 0 Å². The lowest BCUT2D eigenvalue weighted by molar-refractivity contribution is -0.174. The predicted octanol–water partition coefficient (Wildman–Crippen LogP) is -0.0773. The van der Waals surface area contributed by atoms with Crippen molar-refractivity contribution in [2.24, 2.45) is 0 Å². The number of hydrogen-bond donors (Lipinski definition) is 0. The number of cyclic esters (lactones) is 1. The molecule has 0 bridgehead atoms. The van der Waals surface area contributed by atoms with Crippen LogP contribution in [0.5, 0.6) is 0 Å². The van der Waals surface area contributed by atoms with Gasteiger partial charge in [-0.3, -0.25) is 4.79 Å². The normalized spacial score (nSPS) is 34.9. The highest BCUT2D eigenvalue weighted by atomic mass is 16.6. The van der Waals surface area contributed by atoms with E-state index in [9.17, 15) is 9.59 Å². The first kappa shape index (κ1) is 7.58. The lowest BCUT2D eigenvalue weighted by Gasteiger charge is -2.31. The van der Waals surface area contributed by atoms with Crippen LogP contribution in [0.15, 0.2) is 0 Å². The maximum atomic E-state index is 11.4. The van der Waals surface area contributed by atoms with Gasteiger partial charge in [-0.2, -0.15) is 0 Å². The highest BCUT2D eigenvalue weighted by molar-refractivity contribution is 5.92. The summed E-state index contributed by atoms with van der Waals surface area (Å²) >= 11 is 0. The number of rotatable bonds is 0. The van der Waals surface area contributed by atoms with Crippen LogP contribution < -0.4 is 0 Å². The first-order valence-electron chi connectivity index (χ1n) is 4.21. The fraction of sp³-hybridized carbons (Fsp3) is 0.750. The molecule has 0 aromatic heterocycles. The van der Waals surface area contributed by atoms with Gasteiger partial charge in [0.05, 0.1) is 0 Å². The van der Waals surface area contributed by atoms with Gasteiger partial charge in [0.2, 0.25) is 0 Å². The van der Waals surface area contributed by atoms with Crippen LogP contribution >= 0.6 is 0 Å². The van der Waals surface area contributed by atoms with Gasteiger partial charge in [-0.05, 0) is 19.8 Å². The number of esters is 1. The summed E-state index contributed by atoms with van der Waals surface area (Å²) in [7, 11) is 0. The van der Waals surface area contributed by atoms with Crippen molar-refractivity contribution in [2.75, 3.05) is 6.54 Å². The number of hydrogen-bond acceptors (Lipinski definition) is 3. The van der Waals surface area contributed by atoms with Gasteiger partial charge in [-0.25, -0.2) is 4.79 Å². The molecule has 2 fully saturated rings. The first-order valence-corrected chi connectivity index (χ1v) is 4.21. The van der Waals surface area contributed by atoms with Gasteiger partial charge < -0.3 is 9.64 Å². The third-order valence-corrected chi connectivity index (χ3v) is 2.45. The zero-order valence-corrected chi connectivity index (χ0v) is 6.95. The molecule has 2 rings (SSSR count). The molecule has 0 radical (unpaired) electrons. The highest BCUT2D eigenvalue weighted by Crippen LogP contribution is 2.24. The van der Waals surface area contributed by atoms with Crippen molar-refractivity contribution < 1.29 is 14.3 Å². The van der Waals surface area contributed by atoms with E-state index in [1.165, 1.54) is 0 Å². The quantitative estimate of drug-likeness (QED) is 0.476. The fourth-order valence-corrected chi connectivity index (χ4v) is 1.81. The molecule has 2 aliphatic rings. The van der Waals surface area contributed by atoms with Crippen LogP contribution in [0.25, 0.3) is 0 Å². The molecule has 0 aliphatic carbocycles. The molecule has 4 heteroatoms. The molecule has 1 unspecified atom stereocenters. The second-order valence-electron chi connectivity index (χ2n) is 3.27. The Labute approximate surface area is 70.5 Å². The maximum Gasteiger partial charge on any atom is 0.329 e. The van der Waals surface area contributed by atoms with E-state index >= 15 is 0 Å². The SMILES string of the molecule is CC1OC(=O)[C@@H]2CCCN2C1=O. The van der Waals surface area contributed by atoms with Gasteiger partial charge in [0.15, 0.2) is 6.10 Å². The third kappa shape index (κ3) is 0.906. The van der Waals surface area contributed by atoms with Gasteiger partial charge >= 0.3 is 5.97 Å². The van der Waals surface area contributed by atoms with E-state index in [1.54, 1.807) is 11.8 Å². The Morgan fingerprint density at radius 3 is 3.00 bits per heavy atom. The number of amides is 1. The van der Waals surface area contributed by atoms with E-state index in [0.29, 0.717) is 6.54 Å². The number of morpholine rings is 1. The standard InChI is InChI=1S/C8H11NO3/c1-5-7(10)9-4-2-3-6(9)8(11)12-5/h5-6H,2-4H2,1H3/t5?,6-/m0/s1. The van der Waals surface area contributed by atoms with Gasteiger partial charge in [0, 0.05) is 6.54 Å². The Morgan fingerprint density at radius 2 is 2.25 bits per heavy atom. The molecule has 0 spiro atoms. The number of ether oxygens (including phenoxy) is 1. The second-order valence-corrected chi connectivity index (χ2v) is 3.27. The summed E-state index contributed by atoms with van der Waals surface area (Å²) in [5.41, 5.74) is 0. The average Bonchev–Trinajstić information content (AvgIpc) is 2.48. The van der Waals surface area contributed by atoms with Gasteiger partial charge in [-0.1, -0.05) is 0 Å². The molecule has 0 saturated carbocycles. The molecule has 12 heavy (non-hydrogen) atoms. The Morgan fingerprint density at radius 1 is 1.50 bits per heavy atom. The molecule has 2 saturated heterocycles. The van der Waals surface area contributed by atoms with E-state index in [2.05, 4.69) is 0 Å². The largest absolute Gasteiger partial charge is 0.451 e. The minimum Gasteiger partial charge on any atom is -0.451 e. The lowest BCUT2D eigenvalue weighted by Crippen LogP contribution is -2.52. The maximum absolute atomic E-state index is 11.4. The third-order valence-electron chi connectivity index (χ3n) is 2.45.